The van der Waals surface area contributed by atoms with Crippen LogP contribution in [-0.4, -0.2) is 43.1 Å². The molecule has 0 saturated heterocycles. The first-order valence-corrected chi connectivity index (χ1v) is 10.3. The summed E-state index contributed by atoms with van der Waals surface area (Å²) in [5.74, 6) is 0.770. The van der Waals surface area contributed by atoms with Crippen LogP contribution in [0, 0.1) is 5.41 Å². The van der Waals surface area contributed by atoms with Gasteiger partial charge in [-0.15, -0.1) is 0 Å². The topological polar surface area (TPSA) is 107 Å². The van der Waals surface area contributed by atoms with Crippen LogP contribution >= 0.6 is 0 Å². The highest BCUT2D eigenvalue weighted by Crippen LogP contribution is 2.43. The Morgan fingerprint density at radius 3 is 2.28 bits per heavy atom. The van der Waals surface area contributed by atoms with Crippen molar-refractivity contribution in [1.82, 2.24) is 10.3 Å². The normalized spacial score (nSPS) is 19.5. The van der Waals surface area contributed by atoms with Crippen LogP contribution in [0.2, 0.25) is 0 Å². The van der Waals surface area contributed by atoms with Gasteiger partial charge in [0.15, 0.2) is 17.3 Å². The van der Waals surface area contributed by atoms with Crippen molar-refractivity contribution in [2.45, 2.75) is 32.8 Å². The number of nitrogens with zero attached hydrogens (tertiary/aromatic N) is 1. The second-order valence-corrected chi connectivity index (χ2v) is 8.73. The van der Waals surface area contributed by atoms with E-state index in [4.69, 9.17) is 14.2 Å². The Bertz CT molecular complexity index is 1130. The van der Waals surface area contributed by atoms with Crippen LogP contribution in [0.15, 0.2) is 35.5 Å². The smallest absolute Gasteiger partial charge is 0.257 e. The van der Waals surface area contributed by atoms with E-state index >= 15 is 0 Å². The molecule has 2 aromatic rings. The summed E-state index contributed by atoms with van der Waals surface area (Å²) in [5, 5.41) is 14.0. The maximum absolute atomic E-state index is 12.9. The van der Waals surface area contributed by atoms with E-state index in [-0.39, 0.29) is 28.0 Å². The number of aromatic nitrogens is 1. The number of aliphatic hydroxyl groups excluding tert-OH is 1. The molecule has 2 N–H and O–H groups in total. The van der Waals surface area contributed by atoms with Crippen molar-refractivity contribution in [3.8, 4) is 28.5 Å². The number of rotatable bonds is 4. The van der Waals surface area contributed by atoms with E-state index in [1.54, 1.807) is 24.3 Å². The molecule has 0 fully saturated rings. The number of aliphatic hydroxyl groups is 1. The summed E-state index contributed by atoms with van der Waals surface area (Å²) in [6, 6.07) is 6.76. The SMILES string of the molecule is COc1cc(-c2ccc3c(n2)C(O)C2=C(CC(C)(C)CC2=O)NC3=O)cc(OC)c1OC. The summed E-state index contributed by atoms with van der Waals surface area (Å²) >= 11 is 0. The molecule has 1 unspecified atom stereocenters. The molecule has 0 bridgehead atoms. The highest BCUT2D eigenvalue weighted by molar-refractivity contribution is 6.04. The van der Waals surface area contributed by atoms with E-state index in [1.807, 2.05) is 13.8 Å². The van der Waals surface area contributed by atoms with Gasteiger partial charge in [-0.05, 0) is 36.1 Å². The van der Waals surface area contributed by atoms with Crippen LogP contribution in [-0.2, 0) is 4.79 Å². The summed E-state index contributed by atoms with van der Waals surface area (Å²) in [6.07, 6.45) is -0.518. The van der Waals surface area contributed by atoms with Gasteiger partial charge in [0.05, 0.1) is 38.3 Å². The third-order valence-electron chi connectivity index (χ3n) is 5.85. The van der Waals surface area contributed by atoms with Crippen molar-refractivity contribution in [2.24, 2.45) is 5.41 Å². The van der Waals surface area contributed by atoms with E-state index in [2.05, 4.69) is 10.3 Å². The van der Waals surface area contributed by atoms with Crippen LogP contribution in [0.5, 0.6) is 17.2 Å². The number of hydrogen-bond donors (Lipinski definition) is 2. The number of carbonyl (C=O) groups is 2. The van der Waals surface area contributed by atoms with Crippen LogP contribution in [0.4, 0.5) is 0 Å². The number of nitrogens with one attached hydrogen (secondary N) is 1. The van der Waals surface area contributed by atoms with Gasteiger partial charge in [0.25, 0.3) is 5.91 Å². The van der Waals surface area contributed by atoms with Gasteiger partial charge in [0.1, 0.15) is 6.10 Å². The molecule has 168 valence electrons. The Balaban J connectivity index is 1.85. The van der Waals surface area contributed by atoms with Gasteiger partial charge in [0.2, 0.25) is 5.75 Å². The molecule has 32 heavy (non-hydrogen) atoms. The van der Waals surface area contributed by atoms with Crippen molar-refractivity contribution >= 4 is 11.7 Å². The van der Waals surface area contributed by atoms with Crippen molar-refractivity contribution in [3.05, 3.63) is 46.8 Å². The third-order valence-corrected chi connectivity index (χ3v) is 5.85. The maximum Gasteiger partial charge on any atom is 0.257 e. The average molecular weight is 438 g/mol. The zero-order valence-electron chi connectivity index (χ0n) is 18.7. The number of benzene rings is 1. The first-order chi connectivity index (χ1) is 15.2. The molecule has 1 aromatic heterocycles. The van der Waals surface area contributed by atoms with E-state index in [9.17, 15) is 14.7 Å². The minimum absolute atomic E-state index is 0.145. The van der Waals surface area contributed by atoms with Gasteiger partial charge in [0, 0.05) is 23.3 Å². The summed E-state index contributed by atoms with van der Waals surface area (Å²) in [6.45, 7) is 3.93. The van der Waals surface area contributed by atoms with E-state index in [0.29, 0.717) is 47.0 Å². The maximum atomic E-state index is 12.9. The molecule has 0 radical (unpaired) electrons. The van der Waals surface area contributed by atoms with Crippen LogP contribution in [0.25, 0.3) is 11.3 Å². The monoisotopic (exact) mass is 438 g/mol. The number of fused-ring (bicyclic) bond motifs is 1. The molecule has 1 aliphatic carbocycles. The molecular formula is C24H26N2O6. The minimum Gasteiger partial charge on any atom is -0.493 e. The van der Waals surface area contributed by atoms with Gasteiger partial charge >= 0.3 is 0 Å². The number of amides is 1. The first kappa shape index (κ1) is 21.8. The number of Topliss-reactive ketones (excluding diaryl/α,β-unsaturated/α-hetero) is 1. The first-order valence-electron chi connectivity index (χ1n) is 10.3. The van der Waals surface area contributed by atoms with E-state index in [0.717, 1.165) is 0 Å². The Hall–Kier alpha value is -3.39. The second kappa shape index (κ2) is 7.94. The van der Waals surface area contributed by atoms with Gasteiger partial charge in [-0.25, -0.2) is 4.98 Å². The van der Waals surface area contributed by atoms with Gasteiger partial charge in [-0.1, -0.05) is 13.8 Å². The number of ketones is 1. The summed E-state index contributed by atoms with van der Waals surface area (Å²) < 4.78 is 16.2. The van der Waals surface area contributed by atoms with Crippen molar-refractivity contribution in [1.29, 1.82) is 0 Å². The average Bonchev–Trinajstić information content (AvgIpc) is 2.85. The number of pyridine rings is 1. The lowest BCUT2D eigenvalue weighted by molar-refractivity contribution is -0.119. The third kappa shape index (κ3) is 3.60. The molecule has 1 aliphatic heterocycles. The molecule has 1 atom stereocenters. The molecule has 0 spiro atoms. The summed E-state index contributed by atoms with van der Waals surface area (Å²) in [5.41, 5.74) is 1.89. The largest absolute Gasteiger partial charge is 0.493 e. The van der Waals surface area contributed by atoms with Crippen LogP contribution in [0.1, 0.15) is 48.8 Å². The lowest BCUT2D eigenvalue weighted by Crippen LogP contribution is -2.33. The summed E-state index contributed by atoms with van der Waals surface area (Å²) in [7, 11) is 4.55. The zero-order valence-corrected chi connectivity index (χ0v) is 18.7. The fourth-order valence-electron chi connectivity index (χ4n) is 4.37. The molecule has 2 aliphatic rings. The van der Waals surface area contributed by atoms with Crippen molar-refractivity contribution in [2.75, 3.05) is 21.3 Å². The van der Waals surface area contributed by atoms with Crippen molar-refractivity contribution in [3.63, 3.8) is 0 Å². The number of carbonyl (C=O) groups excluding carboxylic acids is 2. The number of methoxy groups -OCH3 is 3. The minimum atomic E-state index is -1.30. The molecule has 8 heteroatoms. The Labute approximate surface area is 186 Å². The predicted octanol–water partition coefficient (Wildman–Crippen LogP) is 3.19. The number of allylic oxidation sites excluding steroid dienone is 1. The standard InChI is InChI=1S/C24H26N2O6/c1-24(2)10-15-19(16(27)11-24)21(28)20-13(23(29)26-15)6-7-14(25-20)12-8-17(30-3)22(32-5)18(9-12)31-4/h6-9,21,28H,10-11H2,1-5H3,(H,26,29). The van der Waals surface area contributed by atoms with Crippen LogP contribution < -0.4 is 19.5 Å². The lowest BCUT2D eigenvalue weighted by Gasteiger charge is -2.32. The number of ether oxygens (including phenoxy) is 3. The molecule has 0 saturated carbocycles. The summed E-state index contributed by atoms with van der Waals surface area (Å²) in [4.78, 5) is 30.4. The second-order valence-electron chi connectivity index (χ2n) is 8.73. The van der Waals surface area contributed by atoms with Crippen molar-refractivity contribution < 1.29 is 28.9 Å². The van der Waals surface area contributed by atoms with Gasteiger partial charge in [-0.2, -0.15) is 0 Å². The molecule has 1 amide bonds. The van der Waals surface area contributed by atoms with Gasteiger partial charge < -0.3 is 24.6 Å². The van der Waals surface area contributed by atoms with E-state index < -0.39 is 12.0 Å². The fraction of sp³-hybridized carbons (Fsp3) is 0.375. The molecule has 4 rings (SSSR count). The van der Waals surface area contributed by atoms with Gasteiger partial charge in [-0.3, -0.25) is 9.59 Å². The fourth-order valence-corrected chi connectivity index (χ4v) is 4.37. The zero-order chi connectivity index (χ0) is 23.2. The Morgan fingerprint density at radius 2 is 1.69 bits per heavy atom. The lowest BCUT2D eigenvalue weighted by atomic mass is 9.74. The quantitative estimate of drug-likeness (QED) is 0.755. The molecule has 1 aromatic carbocycles. The molecule has 2 heterocycles. The Morgan fingerprint density at radius 1 is 1.03 bits per heavy atom. The number of hydrogen-bond acceptors (Lipinski definition) is 7. The molecule has 8 nitrogen and oxygen atoms in total. The Kier molecular flexibility index (Phi) is 5.42. The highest BCUT2D eigenvalue weighted by atomic mass is 16.5. The van der Waals surface area contributed by atoms with E-state index in [1.165, 1.54) is 21.3 Å². The van der Waals surface area contributed by atoms with Crippen LogP contribution in [0.3, 0.4) is 0 Å². The molecular weight excluding hydrogens is 412 g/mol. The predicted molar refractivity (Wildman–Crippen MR) is 117 cm³/mol. The highest BCUT2D eigenvalue weighted by Gasteiger charge is 2.40.